The average Bonchev–Trinajstić information content (AvgIpc) is 2.78. The molecule has 1 heterocycles. The molecule has 106 valence electrons. The van der Waals surface area contributed by atoms with Crippen LogP contribution < -0.4 is 0 Å². The van der Waals surface area contributed by atoms with E-state index in [1.807, 2.05) is 19.9 Å². The van der Waals surface area contributed by atoms with Gasteiger partial charge in [0.15, 0.2) is 5.78 Å². The molecule has 2 rings (SSSR count). The lowest BCUT2D eigenvalue weighted by molar-refractivity contribution is 0.0969. The maximum Gasteiger partial charge on any atom is 0.182 e. The van der Waals surface area contributed by atoms with Crippen LogP contribution >= 0.6 is 15.9 Å². The molecule has 2 aromatic rings. The van der Waals surface area contributed by atoms with E-state index >= 15 is 0 Å². The molecule has 0 saturated heterocycles. The van der Waals surface area contributed by atoms with Gasteiger partial charge in [0.05, 0.1) is 10.7 Å². The molecule has 0 saturated carbocycles. The molecule has 20 heavy (non-hydrogen) atoms. The van der Waals surface area contributed by atoms with Gasteiger partial charge in [-0.1, -0.05) is 29.8 Å². The summed E-state index contributed by atoms with van der Waals surface area (Å²) in [5, 5.41) is 4.25. The summed E-state index contributed by atoms with van der Waals surface area (Å²) in [7, 11) is 0. The van der Waals surface area contributed by atoms with E-state index in [9.17, 15) is 4.79 Å². The van der Waals surface area contributed by atoms with Crippen LogP contribution in [0.2, 0.25) is 0 Å². The minimum absolute atomic E-state index is 0.129. The predicted octanol–water partition coefficient (Wildman–Crippen LogP) is 4.35. The first-order chi connectivity index (χ1) is 9.49. The zero-order chi connectivity index (χ0) is 14.7. The molecular formula is C16H19BrN2O. The Labute approximate surface area is 128 Å². The molecular weight excluding hydrogens is 316 g/mol. The van der Waals surface area contributed by atoms with Crippen LogP contribution in [0.1, 0.15) is 47.9 Å². The van der Waals surface area contributed by atoms with Crippen LogP contribution in [0.3, 0.4) is 0 Å². The van der Waals surface area contributed by atoms with Crippen molar-refractivity contribution in [3.05, 3.63) is 51.8 Å². The molecule has 0 aliphatic rings. The van der Waals surface area contributed by atoms with Gasteiger partial charge in [-0.15, -0.1) is 0 Å². The Balaban J connectivity index is 2.11. The molecule has 4 heteroatoms. The van der Waals surface area contributed by atoms with Gasteiger partial charge in [0.25, 0.3) is 0 Å². The Bertz CT molecular complexity index is 617. The average molecular weight is 335 g/mol. The molecule has 0 spiro atoms. The summed E-state index contributed by atoms with van der Waals surface area (Å²) in [5.74, 6) is 0.129. The fraction of sp³-hybridized carbons (Fsp3) is 0.375. The van der Waals surface area contributed by atoms with Gasteiger partial charge in [0.1, 0.15) is 5.69 Å². The van der Waals surface area contributed by atoms with Crippen LogP contribution in [-0.2, 0) is 6.42 Å². The topological polar surface area (TPSA) is 34.9 Å². The van der Waals surface area contributed by atoms with E-state index in [1.165, 1.54) is 11.1 Å². The first kappa shape index (κ1) is 15.0. The molecule has 3 nitrogen and oxygen atoms in total. The van der Waals surface area contributed by atoms with E-state index in [2.05, 4.69) is 46.2 Å². The summed E-state index contributed by atoms with van der Waals surface area (Å²) in [6.45, 7) is 6.11. The molecule has 1 aromatic heterocycles. The number of rotatable bonds is 5. The fourth-order valence-electron chi connectivity index (χ4n) is 2.24. The summed E-state index contributed by atoms with van der Waals surface area (Å²) >= 11 is 3.42. The highest BCUT2D eigenvalue weighted by molar-refractivity contribution is 9.10. The highest BCUT2D eigenvalue weighted by Gasteiger charge is 2.18. The molecule has 0 fully saturated rings. The summed E-state index contributed by atoms with van der Waals surface area (Å²) in [6, 6.07) is 8.47. The first-order valence-corrected chi connectivity index (χ1v) is 7.60. The van der Waals surface area contributed by atoms with Gasteiger partial charge < -0.3 is 0 Å². The molecule has 0 aliphatic heterocycles. The smallest absolute Gasteiger partial charge is 0.182 e. The number of aryl methyl sites for hydroxylation is 2. The molecule has 0 unspecified atom stereocenters. The van der Waals surface area contributed by atoms with Gasteiger partial charge in [-0.3, -0.25) is 9.48 Å². The Morgan fingerprint density at radius 2 is 2.15 bits per heavy atom. The zero-order valence-electron chi connectivity index (χ0n) is 12.1. The van der Waals surface area contributed by atoms with Gasteiger partial charge in [-0.05, 0) is 48.7 Å². The molecule has 0 bridgehead atoms. The summed E-state index contributed by atoms with van der Waals surface area (Å²) in [4.78, 5) is 12.4. The Hall–Kier alpha value is -1.42. The van der Waals surface area contributed by atoms with Crippen LogP contribution in [0.4, 0.5) is 0 Å². The van der Waals surface area contributed by atoms with E-state index in [0.717, 1.165) is 10.9 Å². The lowest BCUT2D eigenvalue weighted by atomic mass is 10.0. The van der Waals surface area contributed by atoms with E-state index < -0.39 is 0 Å². The molecule has 0 N–H and O–H groups in total. The predicted molar refractivity (Wildman–Crippen MR) is 84.1 cm³/mol. The van der Waals surface area contributed by atoms with Gasteiger partial charge in [-0.25, -0.2) is 0 Å². The van der Waals surface area contributed by atoms with Crippen molar-refractivity contribution in [2.24, 2.45) is 0 Å². The van der Waals surface area contributed by atoms with E-state index in [0.29, 0.717) is 12.1 Å². The van der Waals surface area contributed by atoms with Gasteiger partial charge >= 0.3 is 0 Å². The zero-order valence-corrected chi connectivity index (χ0v) is 13.6. The Morgan fingerprint density at radius 1 is 1.40 bits per heavy atom. The minimum atomic E-state index is 0.129. The van der Waals surface area contributed by atoms with Crippen molar-refractivity contribution in [3.8, 4) is 0 Å². The second-order valence-corrected chi connectivity index (χ2v) is 6.15. The molecule has 0 radical (unpaired) electrons. The third kappa shape index (κ3) is 3.37. The van der Waals surface area contributed by atoms with Crippen molar-refractivity contribution in [2.75, 3.05) is 0 Å². The molecule has 1 aromatic carbocycles. The van der Waals surface area contributed by atoms with Crippen molar-refractivity contribution in [1.29, 1.82) is 0 Å². The third-order valence-electron chi connectivity index (χ3n) is 3.23. The second kappa shape index (κ2) is 6.35. The second-order valence-electron chi connectivity index (χ2n) is 5.29. The highest BCUT2D eigenvalue weighted by Crippen LogP contribution is 2.21. The maximum atomic E-state index is 12.4. The summed E-state index contributed by atoms with van der Waals surface area (Å²) < 4.78 is 2.56. The molecule has 0 amide bonds. The number of benzene rings is 1. The largest absolute Gasteiger partial charge is 0.292 e. The number of carbonyl (C=O) groups excluding carboxylic acids is 1. The minimum Gasteiger partial charge on any atom is -0.292 e. The number of carbonyl (C=O) groups is 1. The molecule has 0 atom stereocenters. The van der Waals surface area contributed by atoms with Crippen LogP contribution in [0.15, 0.2) is 34.9 Å². The van der Waals surface area contributed by atoms with Gasteiger partial charge in [-0.2, -0.15) is 5.10 Å². The number of Topliss-reactive ketones (excluding diaryl/α,β-unsaturated/α-hetero) is 1. The van der Waals surface area contributed by atoms with Gasteiger partial charge in [0.2, 0.25) is 0 Å². The van der Waals surface area contributed by atoms with Crippen molar-refractivity contribution < 1.29 is 4.79 Å². The highest BCUT2D eigenvalue weighted by atomic mass is 79.9. The lowest BCUT2D eigenvalue weighted by Crippen LogP contribution is -2.13. The van der Waals surface area contributed by atoms with Crippen molar-refractivity contribution in [3.63, 3.8) is 0 Å². The molecule has 0 aliphatic carbocycles. The quantitative estimate of drug-likeness (QED) is 0.762. The number of hydrogen-bond donors (Lipinski definition) is 0. The number of ketones is 1. The van der Waals surface area contributed by atoms with Crippen molar-refractivity contribution in [2.45, 2.75) is 39.7 Å². The van der Waals surface area contributed by atoms with E-state index in [1.54, 1.807) is 10.9 Å². The maximum absolute atomic E-state index is 12.4. The number of aromatic nitrogens is 2. The number of hydrogen-bond acceptors (Lipinski definition) is 2. The monoisotopic (exact) mass is 334 g/mol. The first-order valence-electron chi connectivity index (χ1n) is 6.80. The van der Waals surface area contributed by atoms with Crippen molar-refractivity contribution >= 4 is 21.7 Å². The standard InChI is InChI=1S/C16H19BrN2O/c1-11(2)19-16(14(17)10-18-19)15(20)8-7-13-6-4-5-12(3)9-13/h4-6,9-11H,7-8H2,1-3H3. The summed E-state index contributed by atoms with van der Waals surface area (Å²) in [6.07, 6.45) is 2.95. The number of nitrogens with zero attached hydrogens (tertiary/aromatic N) is 2. The Morgan fingerprint density at radius 3 is 2.80 bits per heavy atom. The van der Waals surface area contributed by atoms with Crippen LogP contribution in [0.5, 0.6) is 0 Å². The van der Waals surface area contributed by atoms with Gasteiger partial charge in [0, 0.05) is 12.5 Å². The summed E-state index contributed by atoms with van der Waals surface area (Å²) in [5.41, 5.74) is 3.10. The Kier molecular flexibility index (Phi) is 4.76. The van der Waals surface area contributed by atoms with Crippen LogP contribution in [0, 0.1) is 6.92 Å². The third-order valence-corrected chi connectivity index (χ3v) is 3.81. The SMILES string of the molecule is Cc1cccc(CCC(=O)c2c(Br)cnn2C(C)C)c1. The fourth-order valence-corrected chi connectivity index (χ4v) is 2.73. The van der Waals surface area contributed by atoms with Crippen molar-refractivity contribution in [1.82, 2.24) is 9.78 Å². The van der Waals surface area contributed by atoms with Crippen LogP contribution in [-0.4, -0.2) is 15.6 Å². The number of halogens is 1. The van der Waals surface area contributed by atoms with Crippen LogP contribution in [0.25, 0.3) is 0 Å². The normalized spacial score (nSPS) is 11.1. The van der Waals surface area contributed by atoms with E-state index in [4.69, 9.17) is 0 Å². The van der Waals surface area contributed by atoms with E-state index in [-0.39, 0.29) is 11.8 Å². The lowest BCUT2D eigenvalue weighted by Gasteiger charge is -2.10.